The molecule has 0 spiro atoms. The van der Waals surface area contributed by atoms with Gasteiger partial charge in [0.25, 0.3) is 0 Å². The molecule has 0 unspecified atom stereocenters. The fraction of sp³-hybridized carbons (Fsp3) is 0.250. The van der Waals surface area contributed by atoms with Gasteiger partial charge in [-0.1, -0.05) is 6.07 Å². The molecule has 174 valence electrons. The number of ether oxygens (including phenoxy) is 2. The monoisotopic (exact) mass is 471 g/mol. The summed E-state index contributed by atoms with van der Waals surface area (Å²) in [7, 11) is -3.88. The van der Waals surface area contributed by atoms with Crippen molar-refractivity contribution in [2.45, 2.75) is 38.8 Å². The van der Waals surface area contributed by atoms with Crippen LogP contribution >= 0.6 is 0 Å². The molecular weight excluding hydrogens is 446 g/mol. The number of hydrogen-bond acceptors (Lipinski definition) is 7. The number of nitrogens with one attached hydrogen (secondary N) is 1. The molecule has 0 aliphatic heterocycles. The first-order valence-electron chi connectivity index (χ1n) is 10.3. The smallest absolute Gasteiger partial charge is 0.338 e. The molecule has 0 radical (unpaired) electrons. The van der Waals surface area contributed by atoms with Crippen LogP contribution in [0.15, 0.2) is 64.1 Å². The van der Waals surface area contributed by atoms with E-state index in [0.717, 1.165) is 0 Å². The summed E-state index contributed by atoms with van der Waals surface area (Å²) in [6.45, 7) is 5.21. The highest BCUT2D eigenvalue weighted by atomic mass is 32.2. The van der Waals surface area contributed by atoms with Crippen LogP contribution in [0.25, 0.3) is 0 Å². The Labute approximate surface area is 192 Å². The molecule has 0 fully saturated rings. The van der Waals surface area contributed by atoms with Crippen LogP contribution in [0.4, 0.5) is 0 Å². The molecule has 3 aromatic rings. The summed E-state index contributed by atoms with van der Waals surface area (Å²) >= 11 is 0. The van der Waals surface area contributed by atoms with E-state index < -0.39 is 16.0 Å². The first-order chi connectivity index (χ1) is 15.7. The fourth-order valence-corrected chi connectivity index (χ4v) is 4.10. The van der Waals surface area contributed by atoms with Gasteiger partial charge in [-0.15, -0.1) is 0 Å². The SMILES string of the molecule is CCOc1ccc(C(C)=O)cc1COC(=O)c1cc(S(=O)(=O)NCc2ccco2)ccc1C. The maximum Gasteiger partial charge on any atom is 0.338 e. The number of benzene rings is 2. The zero-order valence-electron chi connectivity index (χ0n) is 18.6. The van der Waals surface area contributed by atoms with Gasteiger partial charge in [-0.05, 0) is 68.8 Å². The number of furan rings is 1. The Hall–Kier alpha value is -3.43. The second kappa shape index (κ2) is 10.5. The Morgan fingerprint density at radius 2 is 1.88 bits per heavy atom. The van der Waals surface area contributed by atoms with Gasteiger partial charge in [-0.2, -0.15) is 0 Å². The normalized spacial score (nSPS) is 11.2. The van der Waals surface area contributed by atoms with Crippen LogP contribution < -0.4 is 9.46 Å². The lowest BCUT2D eigenvalue weighted by molar-refractivity contribution is 0.0468. The van der Waals surface area contributed by atoms with E-state index in [4.69, 9.17) is 13.9 Å². The molecule has 0 aliphatic carbocycles. The largest absolute Gasteiger partial charge is 0.493 e. The van der Waals surface area contributed by atoms with Crippen molar-refractivity contribution >= 4 is 21.8 Å². The predicted octanol–water partition coefficient (Wildman–Crippen LogP) is 4.02. The molecule has 33 heavy (non-hydrogen) atoms. The highest BCUT2D eigenvalue weighted by Gasteiger charge is 2.20. The van der Waals surface area contributed by atoms with Crippen LogP contribution in [0.3, 0.4) is 0 Å². The summed E-state index contributed by atoms with van der Waals surface area (Å²) < 4.78 is 43.9. The van der Waals surface area contributed by atoms with E-state index in [1.54, 1.807) is 43.3 Å². The molecule has 0 saturated carbocycles. The van der Waals surface area contributed by atoms with Gasteiger partial charge in [0.1, 0.15) is 18.1 Å². The molecule has 9 heteroatoms. The van der Waals surface area contributed by atoms with E-state index in [2.05, 4.69) is 4.72 Å². The Balaban J connectivity index is 1.78. The third-order valence-corrected chi connectivity index (χ3v) is 6.28. The number of esters is 1. The third-order valence-electron chi connectivity index (χ3n) is 4.88. The number of sulfonamides is 1. The van der Waals surface area contributed by atoms with Crippen LogP contribution in [0.5, 0.6) is 5.75 Å². The second-order valence-electron chi connectivity index (χ2n) is 7.27. The molecule has 1 N–H and O–H groups in total. The van der Waals surface area contributed by atoms with Crippen molar-refractivity contribution in [1.29, 1.82) is 0 Å². The van der Waals surface area contributed by atoms with E-state index >= 15 is 0 Å². The third kappa shape index (κ3) is 6.09. The van der Waals surface area contributed by atoms with Crippen molar-refractivity contribution in [2.75, 3.05) is 6.61 Å². The zero-order valence-corrected chi connectivity index (χ0v) is 19.4. The van der Waals surface area contributed by atoms with Gasteiger partial charge >= 0.3 is 5.97 Å². The zero-order chi connectivity index (χ0) is 24.0. The first-order valence-corrected chi connectivity index (χ1v) is 11.8. The van der Waals surface area contributed by atoms with Gasteiger partial charge in [0.15, 0.2) is 5.78 Å². The highest BCUT2D eigenvalue weighted by molar-refractivity contribution is 7.89. The van der Waals surface area contributed by atoms with E-state index in [1.165, 1.54) is 25.3 Å². The number of hydrogen-bond donors (Lipinski definition) is 1. The quantitative estimate of drug-likeness (QED) is 0.351. The first kappa shape index (κ1) is 24.2. The second-order valence-corrected chi connectivity index (χ2v) is 9.04. The maximum atomic E-state index is 12.8. The summed E-state index contributed by atoms with van der Waals surface area (Å²) in [5, 5.41) is 0. The van der Waals surface area contributed by atoms with Gasteiger partial charge < -0.3 is 13.9 Å². The van der Waals surface area contributed by atoms with Crippen LogP contribution in [0, 0.1) is 6.92 Å². The van der Waals surface area contributed by atoms with E-state index in [1.807, 2.05) is 6.92 Å². The lowest BCUT2D eigenvalue weighted by Crippen LogP contribution is -2.23. The van der Waals surface area contributed by atoms with Crippen LogP contribution in [0.2, 0.25) is 0 Å². The summed E-state index contributed by atoms with van der Waals surface area (Å²) in [5.41, 5.74) is 1.69. The molecule has 0 atom stereocenters. The predicted molar refractivity (Wildman–Crippen MR) is 121 cm³/mol. The number of rotatable bonds is 10. The summed E-state index contributed by atoms with van der Waals surface area (Å²) in [6.07, 6.45) is 1.45. The Morgan fingerprint density at radius 3 is 2.55 bits per heavy atom. The lowest BCUT2D eigenvalue weighted by Gasteiger charge is -2.13. The van der Waals surface area contributed by atoms with Crippen LogP contribution in [-0.2, 0) is 27.9 Å². The summed E-state index contributed by atoms with van der Waals surface area (Å²) in [4.78, 5) is 24.4. The molecule has 0 bridgehead atoms. The van der Waals surface area contributed by atoms with Crippen molar-refractivity contribution in [3.8, 4) is 5.75 Å². The standard InChI is InChI=1S/C24H25NO7S/c1-4-30-23-10-8-18(17(3)26)12-19(23)15-32-24(27)22-13-21(9-7-16(22)2)33(28,29)25-14-20-6-5-11-31-20/h5-13,25H,4,14-15H2,1-3H3. The Morgan fingerprint density at radius 1 is 1.09 bits per heavy atom. The Kier molecular flexibility index (Phi) is 7.67. The van der Waals surface area contributed by atoms with Gasteiger partial charge in [-0.3, -0.25) is 4.79 Å². The molecule has 0 saturated heterocycles. The number of Topliss-reactive ketones (excluding diaryl/α,β-unsaturated/α-hetero) is 1. The number of carbonyl (C=O) groups is 2. The minimum Gasteiger partial charge on any atom is -0.493 e. The van der Waals surface area contributed by atoms with Gasteiger partial charge in [0.2, 0.25) is 10.0 Å². The average Bonchev–Trinajstić information content (AvgIpc) is 3.31. The highest BCUT2D eigenvalue weighted by Crippen LogP contribution is 2.23. The Bertz CT molecular complexity index is 1250. The van der Waals surface area contributed by atoms with Crippen molar-refractivity contribution in [1.82, 2.24) is 4.72 Å². The number of ketones is 1. The molecule has 1 aromatic heterocycles. The van der Waals surface area contributed by atoms with Crippen molar-refractivity contribution in [3.63, 3.8) is 0 Å². The van der Waals surface area contributed by atoms with Crippen molar-refractivity contribution < 1.29 is 31.9 Å². The number of aryl methyl sites for hydroxylation is 1. The van der Waals surface area contributed by atoms with E-state index in [0.29, 0.717) is 34.8 Å². The summed E-state index contributed by atoms with van der Waals surface area (Å²) in [6, 6.07) is 12.5. The topological polar surface area (TPSA) is 112 Å². The van der Waals surface area contributed by atoms with Crippen LogP contribution in [-0.4, -0.2) is 26.8 Å². The molecule has 0 aliphatic rings. The van der Waals surface area contributed by atoms with Crippen molar-refractivity contribution in [3.05, 3.63) is 82.8 Å². The van der Waals surface area contributed by atoms with E-state index in [-0.39, 0.29) is 29.4 Å². The molecular formula is C24H25NO7S. The molecule has 8 nitrogen and oxygen atoms in total. The molecule has 1 heterocycles. The molecule has 2 aromatic carbocycles. The van der Waals surface area contributed by atoms with Gasteiger partial charge in [-0.25, -0.2) is 17.9 Å². The fourth-order valence-electron chi connectivity index (χ4n) is 3.08. The molecule has 0 amide bonds. The number of carbonyl (C=O) groups excluding carboxylic acids is 2. The van der Waals surface area contributed by atoms with Crippen molar-refractivity contribution in [2.24, 2.45) is 0 Å². The molecule has 3 rings (SSSR count). The minimum atomic E-state index is -3.88. The van der Waals surface area contributed by atoms with Gasteiger partial charge in [0.05, 0.1) is 29.9 Å². The minimum absolute atomic E-state index is 0.0182. The van der Waals surface area contributed by atoms with E-state index in [9.17, 15) is 18.0 Å². The van der Waals surface area contributed by atoms with Gasteiger partial charge in [0, 0.05) is 11.1 Å². The summed E-state index contributed by atoms with van der Waals surface area (Å²) in [5.74, 6) is 0.154. The van der Waals surface area contributed by atoms with Crippen LogP contribution in [0.1, 0.15) is 51.5 Å². The average molecular weight is 472 g/mol. The maximum absolute atomic E-state index is 12.8. The lowest BCUT2D eigenvalue weighted by atomic mass is 10.1.